The van der Waals surface area contributed by atoms with E-state index in [1.807, 2.05) is 0 Å². The highest BCUT2D eigenvalue weighted by Crippen LogP contribution is 2.26. The van der Waals surface area contributed by atoms with Crippen molar-refractivity contribution in [3.63, 3.8) is 0 Å². The molecule has 0 aliphatic carbocycles. The van der Waals surface area contributed by atoms with Gasteiger partial charge < -0.3 is 14.5 Å². The molecular weight excluding hydrogens is 244 g/mol. The van der Waals surface area contributed by atoms with E-state index in [1.165, 1.54) is 19.6 Å². The standard InChI is InChI=1S/C13H20N4O2/c1-16(2)8-10-5-4-6-17(10)12-11(13(18)19-3)7-14-9-15-12/h7,9-10H,4-6,8H2,1-3H3. The highest BCUT2D eigenvalue weighted by atomic mass is 16.5. The average molecular weight is 264 g/mol. The van der Waals surface area contributed by atoms with Crippen LogP contribution in [-0.4, -0.2) is 61.2 Å². The van der Waals surface area contributed by atoms with Gasteiger partial charge in [0.2, 0.25) is 0 Å². The summed E-state index contributed by atoms with van der Waals surface area (Å²) in [4.78, 5) is 24.3. The maximum absolute atomic E-state index is 11.8. The van der Waals surface area contributed by atoms with E-state index in [9.17, 15) is 4.79 Å². The Hall–Kier alpha value is -1.69. The number of hydrogen-bond acceptors (Lipinski definition) is 6. The van der Waals surface area contributed by atoms with Gasteiger partial charge in [0.05, 0.1) is 7.11 Å². The molecule has 1 fully saturated rings. The van der Waals surface area contributed by atoms with Crippen LogP contribution in [0, 0.1) is 0 Å². The summed E-state index contributed by atoms with van der Waals surface area (Å²) in [7, 11) is 5.48. The van der Waals surface area contributed by atoms with E-state index in [4.69, 9.17) is 4.74 Å². The van der Waals surface area contributed by atoms with Gasteiger partial charge in [-0.15, -0.1) is 0 Å². The molecule has 1 unspecified atom stereocenters. The van der Waals surface area contributed by atoms with Crippen molar-refractivity contribution in [1.29, 1.82) is 0 Å². The second-order valence-electron chi connectivity index (χ2n) is 5.00. The van der Waals surface area contributed by atoms with Gasteiger partial charge in [0.25, 0.3) is 0 Å². The molecule has 2 heterocycles. The first-order valence-corrected chi connectivity index (χ1v) is 6.43. The number of likely N-dealkylation sites (N-methyl/N-ethyl adjacent to an activating group) is 1. The zero-order valence-electron chi connectivity index (χ0n) is 11.7. The molecule has 6 heteroatoms. The van der Waals surface area contributed by atoms with Crippen molar-refractivity contribution < 1.29 is 9.53 Å². The summed E-state index contributed by atoms with van der Waals surface area (Å²) in [5.41, 5.74) is 0.440. The Morgan fingerprint density at radius 1 is 1.58 bits per heavy atom. The summed E-state index contributed by atoms with van der Waals surface area (Å²) >= 11 is 0. The molecule has 0 radical (unpaired) electrons. The molecule has 104 valence electrons. The minimum atomic E-state index is -0.383. The van der Waals surface area contributed by atoms with Gasteiger partial charge in [-0.05, 0) is 26.9 Å². The predicted molar refractivity (Wildman–Crippen MR) is 72.3 cm³/mol. The topological polar surface area (TPSA) is 58.6 Å². The van der Waals surface area contributed by atoms with Gasteiger partial charge in [0.15, 0.2) is 0 Å². The van der Waals surface area contributed by atoms with E-state index >= 15 is 0 Å². The Bertz CT molecular complexity index is 450. The fraction of sp³-hybridized carbons (Fsp3) is 0.615. The van der Waals surface area contributed by atoms with Crippen LogP contribution in [-0.2, 0) is 4.74 Å². The fourth-order valence-corrected chi connectivity index (χ4v) is 2.53. The largest absolute Gasteiger partial charge is 0.465 e. The lowest BCUT2D eigenvalue weighted by Gasteiger charge is -2.28. The van der Waals surface area contributed by atoms with Crippen molar-refractivity contribution in [3.05, 3.63) is 18.1 Å². The lowest BCUT2D eigenvalue weighted by atomic mass is 10.2. The third-order valence-corrected chi connectivity index (χ3v) is 3.32. The van der Waals surface area contributed by atoms with Crippen LogP contribution >= 0.6 is 0 Å². The first-order valence-electron chi connectivity index (χ1n) is 6.43. The van der Waals surface area contributed by atoms with Crippen molar-refractivity contribution in [2.24, 2.45) is 0 Å². The van der Waals surface area contributed by atoms with Crippen molar-refractivity contribution in [1.82, 2.24) is 14.9 Å². The van der Waals surface area contributed by atoms with Crippen LogP contribution in [0.15, 0.2) is 12.5 Å². The van der Waals surface area contributed by atoms with Gasteiger partial charge in [-0.1, -0.05) is 0 Å². The number of nitrogens with zero attached hydrogens (tertiary/aromatic N) is 4. The highest BCUT2D eigenvalue weighted by molar-refractivity contribution is 5.94. The van der Waals surface area contributed by atoms with Gasteiger partial charge in [0.1, 0.15) is 17.7 Å². The molecule has 0 amide bonds. The number of methoxy groups -OCH3 is 1. The molecule has 0 N–H and O–H groups in total. The lowest BCUT2D eigenvalue weighted by Crippen LogP contribution is -2.38. The molecule has 1 aliphatic heterocycles. The van der Waals surface area contributed by atoms with Crippen LogP contribution in [0.3, 0.4) is 0 Å². The fourth-order valence-electron chi connectivity index (χ4n) is 2.53. The smallest absolute Gasteiger partial charge is 0.343 e. The maximum atomic E-state index is 11.8. The van der Waals surface area contributed by atoms with E-state index < -0.39 is 0 Å². The number of anilines is 1. The zero-order chi connectivity index (χ0) is 13.8. The molecule has 19 heavy (non-hydrogen) atoms. The molecule has 0 bridgehead atoms. The second kappa shape index (κ2) is 5.97. The molecule has 6 nitrogen and oxygen atoms in total. The van der Waals surface area contributed by atoms with E-state index in [1.54, 1.807) is 0 Å². The number of rotatable bonds is 4. The van der Waals surface area contributed by atoms with Crippen molar-refractivity contribution in [2.45, 2.75) is 18.9 Å². The molecule has 0 saturated carbocycles. The quantitative estimate of drug-likeness (QED) is 0.750. The summed E-state index contributed by atoms with van der Waals surface area (Å²) in [5.74, 6) is 0.303. The summed E-state index contributed by atoms with van der Waals surface area (Å²) < 4.78 is 4.80. The van der Waals surface area contributed by atoms with Crippen LogP contribution in [0.5, 0.6) is 0 Å². The molecule has 1 aromatic rings. The lowest BCUT2D eigenvalue weighted by molar-refractivity contribution is 0.0600. The van der Waals surface area contributed by atoms with Gasteiger partial charge in [-0.2, -0.15) is 0 Å². The Morgan fingerprint density at radius 3 is 3.05 bits per heavy atom. The Labute approximate surface area is 113 Å². The van der Waals surface area contributed by atoms with Gasteiger partial charge in [0, 0.05) is 25.3 Å². The predicted octanol–water partition coefficient (Wildman–Crippen LogP) is 0.794. The van der Waals surface area contributed by atoms with Crippen LogP contribution in [0.25, 0.3) is 0 Å². The van der Waals surface area contributed by atoms with Crippen LogP contribution < -0.4 is 4.90 Å². The Kier molecular flexibility index (Phi) is 4.31. The van der Waals surface area contributed by atoms with E-state index in [2.05, 4.69) is 33.9 Å². The average Bonchev–Trinajstić information content (AvgIpc) is 2.85. The zero-order valence-corrected chi connectivity index (χ0v) is 11.7. The number of esters is 1. The van der Waals surface area contributed by atoms with Crippen LogP contribution in [0.4, 0.5) is 5.82 Å². The van der Waals surface area contributed by atoms with Gasteiger partial charge >= 0.3 is 5.97 Å². The first kappa shape index (κ1) is 13.7. The summed E-state index contributed by atoms with van der Waals surface area (Å²) in [6.07, 6.45) is 5.23. The number of hydrogen-bond donors (Lipinski definition) is 0. The number of ether oxygens (including phenoxy) is 1. The third kappa shape index (κ3) is 3.01. The monoisotopic (exact) mass is 264 g/mol. The molecule has 1 aliphatic rings. The second-order valence-corrected chi connectivity index (χ2v) is 5.00. The molecule has 2 rings (SSSR count). The minimum Gasteiger partial charge on any atom is -0.465 e. The summed E-state index contributed by atoms with van der Waals surface area (Å²) in [6, 6.07) is 0.383. The van der Waals surface area contributed by atoms with E-state index in [-0.39, 0.29) is 5.97 Å². The maximum Gasteiger partial charge on any atom is 0.343 e. The molecule has 0 spiro atoms. The SMILES string of the molecule is COC(=O)c1cncnc1N1CCCC1CN(C)C. The van der Waals surface area contributed by atoms with Gasteiger partial charge in [-0.3, -0.25) is 0 Å². The highest BCUT2D eigenvalue weighted by Gasteiger charge is 2.29. The van der Waals surface area contributed by atoms with Crippen LogP contribution in [0.2, 0.25) is 0 Å². The first-order chi connectivity index (χ1) is 9.13. The number of aromatic nitrogens is 2. The van der Waals surface area contributed by atoms with Gasteiger partial charge in [-0.25, -0.2) is 14.8 Å². The van der Waals surface area contributed by atoms with E-state index in [0.717, 1.165) is 25.9 Å². The molecule has 0 aromatic carbocycles. The van der Waals surface area contributed by atoms with Crippen molar-refractivity contribution >= 4 is 11.8 Å². The normalized spacial score (nSPS) is 18.9. The van der Waals surface area contributed by atoms with Crippen LogP contribution in [0.1, 0.15) is 23.2 Å². The molecule has 1 atom stereocenters. The molecule has 1 aromatic heterocycles. The summed E-state index contributed by atoms with van der Waals surface area (Å²) in [6.45, 7) is 1.87. The molecular formula is C13H20N4O2. The summed E-state index contributed by atoms with van der Waals surface area (Å²) in [5, 5.41) is 0. The van der Waals surface area contributed by atoms with E-state index in [0.29, 0.717) is 17.4 Å². The molecule has 1 saturated heterocycles. The Balaban J connectivity index is 2.27. The number of carbonyl (C=O) groups is 1. The number of carbonyl (C=O) groups excluding carboxylic acids is 1. The minimum absolute atomic E-state index is 0.383. The van der Waals surface area contributed by atoms with Crippen molar-refractivity contribution in [2.75, 3.05) is 39.2 Å². The Morgan fingerprint density at radius 2 is 2.37 bits per heavy atom. The third-order valence-electron chi connectivity index (χ3n) is 3.32. The van der Waals surface area contributed by atoms with Crippen molar-refractivity contribution in [3.8, 4) is 0 Å².